The van der Waals surface area contributed by atoms with E-state index >= 15 is 0 Å². The molecule has 2 rings (SSSR count). The molecule has 1 fully saturated rings. The molecule has 0 aromatic carbocycles. The summed E-state index contributed by atoms with van der Waals surface area (Å²) in [5.41, 5.74) is 4.87. The van der Waals surface area contributed by atoms with Crippen LogP contribution in [0.2, 0.25) is 0 Å². The molecule has 1 aromatic rings. The van der Waals surface area contributed by atoms with E-state index in [9.17, 15) is 9.90 Å². The van der Waals surface area contributed by atoms with Gasteiger partial charge in [-0.25, -0.2) is 4.98 Å². The smallest absolute Gasteiger partial charge is 0.274 e. The number of amides is 1. The Morgan fingerprint density at radius 3 is 2.94 bits per heavy atom. The summed E-state index contributed by atoms with van der Waals surface area (Å²) in [6.07, 6.45) is 3.34. The van der Waals surface area contributed by atoms with Gasteiger partial charge in [-0.1, -0.05) is 0 Å². The number of carbonyl (C=O) groups is 1. The molecule has 86 valence electrons. The highest BCUT2D eigenvalue weighted by Crippen LogP contribution is 2.21. The van der Waals surface area contributed by atoms with Crippen molar-refractivity contribution in [3.8, 4) is 0 Å². The summed E-state index contributed by atoms with van der Waals surface area (Å²) in [4.78, 5) is 21.2. The second kappa shape index (κ2) is 3.71. The molecule has 0 saturated carbocycles. The van der Waals surface area contributed by atoms with E-state index in [1.807, 2.05) is 0 Å². The molecule has 16 heavy (non-hydrogen) atoms. The van der Waals surface area contributed by atoms with Gasteiger partial charge in [0, 0.05) is 13.1 Å². The number of anilines is 1. The lowest BCUT2D eigenvalue weighted by Crippen LogP contribution is -2.34. The maximum absolute atomic E-state index is 11.9. The molecule has 0 aliphatic carbocycles. The average Bonchev–Trinajstić information content (AvgIpc) is 2.58. The minimum atomic E-state index is -0.802. The van der Waals surface area contributed by atoms with Crippen LogP contribution in [0.5, 0.6) is 0 Å². The van der Waals surface area contributed by atoms with Crippen LogP contribution >= 0.6 is 0 Å². The maximum Gasteiger partial charge on any atom is 0.274 e. The summed E-state index contributed by atoms with van der Waals surface area (Å²) >= 11 is 0. The van der Waals surface area contributed by atoms with Crippen molar-refractivity contribution in [1.29, 1.82) is 0 Å². The van der Waals surface area contributed by atoms with Gasteiger partial charge in [-0.05, 0) is 13.3 Å². The highest BCUT2D eigenvalue weighted by Gasteiger charge is 2.34. The van der Waals surface area contributed by atoms with E-state index < -0.39 is 5.60 Å². The van der Waals surface area contributed by atoms with Crippen LogP contribution in [-0.4, -0.2) is 44.6 Å². The third kappa shape index (κ3) is 2.11. The zero-order valence-electron chi connectivity index (χ0n) is 9.05. The molecule has 6 heteroatoms. The largest absolute Gasteiger partial charge is 0.388 e. The van der Waals surface area contributed by atoms with E-state index in [0.29, 0.717) is 19.5 Å². The Balaban J connectivity index is 2.15. The normalized spacial score (nSPS) is 24.8. The molecule has 0 radical (unpaired) electrons. The van der Waals surface area contributed by atoms with Crippen LogP contribution < -0.4 is 5.73 Å². The van der Waals surface area contributed by atoms with Gasteiger partial charge < -0.3 is 15.7 Å². The third-order valence-corrected chi connectivity index (χ3v) is 2.61. The van der Waals surface area contributed by atoms with Crippen LogP contribution in [0.25, 0.3) is 0 Å². The van der Waals surface area contributed by atoms with Gasteiger partial charge in [-0.3, -0.25) is 9.78 Å². The number of rotatable bonds is 1. The molecule has 1 unspecified atom stereocenters. The van der Waals surface area contributed by atoms with Crippen LogP contribution in [0.3, 0.4) is 0 Å². The van der Waals surface area contributed by atoms with Gasteiger partial charge in [0.1, 0.15) is 11.5 Å². The van der Waals surface area contributed by atoms with E-state index in [1.54, 1.807) is 11.8 Å². The molecule has 2 heterocycles. The first-order valence-electron chi connectivity index (χ1n) is 5.07. The van der Waals surface area contributed by atoms with E-state index in [1.165, 1.54) is 12.4 Å². The van der Waals surface area contributed by atoms with Gasteiger partial charge in [-0.2, -0.15) is 0 Å². The van der Waals surface area contributed by atoms with Crippen molar-refractivity contribution in [2.45, 2.75) is 18.9 Å². The molecular weight excluding hydrogens is 208 g/mol. The van der Waals surface area contributed by atoms with E-state index in [2.05, 4.69) is 9.97 Å². The number of aliphatic hydroxyl groups is 1. The molecule has 1 aliphatic rings. The summed E-state index contributed by atoms with van der Waals surface area (Å²) in [6, 6.07) is 0. The molecule has 1 saturated heterocycles. The minimum absolute atomic E-state index is 0.219. The summed E-state index contributed by atoms with van der Waals surface area (Å²) in [7, 11) is 0. The first-order chi connectivity index (χ1) is 7.48. The van der Waals surface area contributed by atoms with Gasteiger partial charge in [0.25, 0.3) is 5.91 Å². The Bertz CT molecular complexity index is 419. The molecule has 0 spiro atoms. The van der Waals surface area contributed by atoms with Crippen LogP contribution in [0.1, 0.15) is 23.8 Å². The first kappa shape index (κ1) is 10.8. The third-order valence-electron chi connectivity index (χ3n) is 2.61. The van der Waals surface area contributed by atoms with Crippen LogP contribution in [-0.2, 0) is 0 Å². The van der Waals surface area contributed by atoms with Crippen LogP contribution in [0, 0.1) is 0 Å². The number of hydrogen-bond acceptors (Lipinski definition) is 5. The lowest BCUT2D eigenvalue weighted by Gasteiger charge is -2.18. The van der Waals surface area contributed by atoms with Crippen LogP contribution in [0.4, 0.5) is 5.82 Å². The van der Waals surface area contributed by atoms with Crippen molar-refractivity contribution in [2.75, 3.05) is 18.8 Å². The molecule has 1 aromatic heterocycles. The number of hydrogen-bond donors (Lipinski definition) is 2. The van der Waals surface area contributed by atoms with Gasteiger partial charge >= 0.3 is 0 Å². The Morgan fingerprint density at radius 1 is 1.62 bits per heavy atom. The van der Waals surface area contributed by atoms with Gasteiger partial charge in [-0.15, -0.1) is 0 Å². The van der Waals surface area contributed by atoms with E-state index in [0.717, 1.165) is 0 Å². The fourth-order valence-corrected chi connectivity index (χ4v) is 1.76. The molecule has 0 bridgehead atoms. The number of nitrogens with two attached hydrogens (primary N) is 1. The summed E-state index contributed by atoms with van der Waals surface area (Å²) < 4.78 is 0. The molecule has 1 atom stereocenters. The topological polar surface area (TPSA) is 92.3 Å². The Morgan fingerprint density at radius 2 is 2.38 bits per heavy atom. The highest BCUT2D eigenvalue weighted by molar-refractivity contribution is 5.92. The van der Waals surface area contributed by atoms with E-state index in [-0.39, 0.29) is 17.4 Å². The second-order valence-electron chi connectivity index (χ2n) is 4.30. The fraction of sp³-hybridized carbons (Fsp3) is 0.500. The predicted octanol–water partition coefficient (Wildman–Crippen LogP) is -0.344. The van der Waals surface area contributed by atoms with Crippen molar-refractivity contribution < 1.29 is 9.90 Å². The van der Waals surface area contributed by atoms with E-state index in [4.69, 9.17) is 5.73 Å². The maximum atomic E-state index is 11.9. The van der Waals surface area contributed by atoms with Crippen molar-refractivity contribution in [3.05, 3.63) is 18.1 Å². The minimum Gasteiger partial charge on any atom is -0.388 e. The molecule has 3 N–H and O–H groups in total. The zero-order chi connectivity index (χ0) is 11.8. The lowest BCUT2D eigenvalue weighted by atomic mass is 10.1. The first-order valence-corrected chi connectivity index (χ1v) is 5.07. The average molecular weight is 222 g/mol. The summed E-state index contributed by atoms with van der Waals surface area (Å²) in [5, 5.41) is 9.76. The quantitative estimate of drug-likeness (QED) is 0.678. The van der Waals surface area contributed by atoms with Crippen molar-refractivity contribution >= 4 is 11.7 Å². The number of carbonyl (C=O) groups excluding carboxylic acids is 1. The SMILES string of the molecule is CC1(O)CCN(C(=O)c2cncc(N)n2)C1. The van der Waals surface area contributed by atoms with Crippen molar-refractivity contribution in [1.82, 2.24) is 14.9 Å². The molecule has 6 nitrogen and oxygen atoms in total. The van der Waals surface area contributed by atoms with Gasteiger partial charge in [0.15, 0.2) is 0 Å². The lowest BCUT2D eigenvalue weighted by molar-refractivity contribution is 0.0569. The van der Waals surface area contributed by atoms with Gasteiger partial charge in [0.2, 0.25) is 0 Å². The predicted molar refractivity (Wildman–Crippen MR) is 57.6 cm³/mol. The number of β-amino-alcohol motifs (C(OH)–C–C–N with tert-alkyl or cyclic N) is 1. The second-order valence-corrected chi connectivity index (χ2v) is 4.30. The van der Waals surface area contributed by atoms with Crippen LogP contribution in [0.15, 0.2) is 12.4 Å². The summed E-state index contributed by atoms with van der Waals surface area (Å²) in [5.74, 6) is -0.0191. The standard InChI is InChI=1S/C10H14N4O2/c1-10(16)2-3-14(6-10)9(15)7-4-12-5-8(11)13-7/h4-5,16H,2-3,6H2,1H3,(H2,11,13). The molecular formula is C10H14N4O2. The van der Waals surface area contributed by atoms with Gasteiger partial charge in [0.05, 0.1) is 18.0 Å². The molecule has 1 amide bonds. The number of likely N-dealkylation sites (tertiary alicyclic amines) is 1. The van der Waals surface area contributed by atoms with Crippen molar-refractivity contribution in [2.24, 2.45) is 0 Å². The monoisotopic (exact) mass is 222 g/mol. The Kier molecular flexibility index (Phi) is 2.51. The van der Waals surface area contributed by atoms with Crippen molar-refractivity contribution in [3.63, 3.8) is 0 Å². The number of nitrogens with zero attached hydrogens (tertiary/aromatic N) is 3. The Hall–Kier alpha value is -1.69. The summed E-state index contributed by atoms with van der Waals surface area (Å²) in [6.45, 7) is 2.57. The zero-order valence-corrected chi connectivity index (χ0v) is 9.05. The Labute approximate surface area is 93.1 Å². The molecule has 1 aliphatic heterocycles. The highest BCUT2D eigenvalue weighted by atomic mass is 16.3. The fourth-order valence-electron chi connectivity index (χ4n) is 1.76. The number of nitrogen functional groups attached to an aromatic ring is 1. The number of aromatic nitrogens is 2.